The molecule has 15 heavy (non-hydrogen) atoms. The fraction of sp³-hybridized carbons (Fsp3) is 0.400. The van der Waals surface area contributed by atoms with Crippen LogP contribution in [0.15, 0.2) is 18.6 Å². The lowest BCUT2D eigenvalue weighted by Crippen LogP contribution is -2.48. The summed E-state index contributed by atoms with van der Waals surface area (Å²) in [6.07, 6.45) is 2.76. The molecule has 5 heteroatoms. The third-order valence-electron chi connectivity index (χ3n) is 2.78. The van der Waals surface area contributed by atoms with Crippen molar-refractivity contribution in [3.63, 3.8) is 0 Å². The Morgan fingerprint density at radius 1 is 1.40 bits per heavy atom. The third-order valence-corrected chi connectivity index (χ3v) is 2.78. The normalized spacial score (nSPS) is 17.1. The Morgan fingerprint density at radius 2 is 2.20 bits per heavy atom. The fourth-order valence-electron chi connectivity index (χ4n) is 1.91. The molecule has 1 fully saturated rings. The van der Waals surface area contributed by atoms with Crippen molar-refractivity contribution in [2.24, 2.45) is 7.05 Å². The highest BCUT2D eigenvalue weighted by Gasteiger charge is 2.28. The van der Waals surface area contributed by atoms with E-state index >= 15 is 0 Å². The lowest BCUT2D eigenvalue weighted by molar-refractivity contribution is 0.274. The average Bonchev–Trinajstić information content (AvgIpc) is 2.56. The number of alkyl halides is 1. The van der Waals surface area contributed by atoms with E-state index in [2.05, 4.69) is 9.97 Å². The molecule has 0 spiro atoms. The zero-order valence-electron chi connectivity index (χ0n) is 8.39. The van der Waals surface area contributed by atoms with Crippen LogP contribution in [0.3, 0.4) is 0 Å². The van der Waals surface area contributed by atoms with Gasteiger partial charge in [-0.2, -0.15) is 0 Å². The summed E-state index contributed by atoms with van der Waals surface area (Å²) in [4.78, 5) is 10.3. The van der Waals surface area contributed by atoms with Crippen LogP contribution >= 0.6 is 0 Å². The van der Waals surface area contributed by atoms with E-state index < -0.39 is 6.17 Å². The maximum absolute atomic E-state index is 12.8. The van der Waals surface area contributed by atoms with Crippen molar-refractivity contribution in [1.29, 1.82) is 0 Å². The second-order valence-electron chi connectivity index (χ2n) is 3.86. The minimum atomic E-state index is -0.710. The number of hydrogen-bond acceptors (Lipinski definition) is 3. The van der Waals surface area contributed by atoms with E-state index in [0.717, 1.165) is 16.9 Å². The molecule has 1 aliphatic rings. The molecule has 0 amide bonds. The molecule has 0 radical (unpaired) electrons. The zero-order valence-corrected chi connectivity index (χ0v) is 8.39. The van der Waals surface area contributed by atoms with Crippen LogP contribution in [0.5, 0.6) is 0 Å². The third kappa shape index (κ3) is 1.19. The molecule has 0 bridgehead atoms. The fourth-order valence-corrected chi connectivity index (χ4v) is 1.91. The Labute approximate surface area is 86.4 Å². The summed E-state index contributed by atoms with van der Waals surface area (Å²) < 4.78 is 14.7. The van der Waals surface area contributed by atoms with E-state index in [1.54, 1.807) is 0 Å². The lowest BCUT2D eigenvalue weighted by atomic mass is 10.2. The largest absolute Gasteiger partial charge is 0.350 e. The molecule has 0 aromatic carbocycles. The molecule has 2 aromatic rings. The molecule has 2 aromatic heterocycles. The molecule has 0 saturated carbocycles. The van der Waals surface area contributed by atoms with E-state index in [-0.39, 0.29) is 0 Å². The molecular formula is C10H11FN4. The summed E-state index contributed by atoms with van der Waals surface area (Å²) >= 11 is 0. The van der Waals surface area contributed by atoms with Gasteiger partial charge in [0.15, 0.2) is 0 Å². The number of anilines is 1. The van der Waals surface area contributed by atoms with Gasteiger partial charge in [0, 0.05) is 13.2 Å². The minimum Gasteiger partial charge on any atom is -0.350 e. The van der Waals surface area contributed by atoms with Crippen LogP contribution in [0.4, 0.5) is 10.2 Å². The van der Waals surface area contributed by atoms with Gasteiger partial charge >= 0.3 is 0 Å². The molecule has 0 N–H and O–H groups in total. The number of aryl methyl sites for hydroxylation is 1. The standard InChI is InChI=1S/C10H11FN4/c1-14-3-2-8-9(14)12-6-13-10(8)15-4-7(11)5-15/h2-3,6-7H,4-5H2,1H3. The Balaban J connectivity index is 2.10. The van der Waals surface area contributed by atoms with Crippen LogP contribution in [0.2, 0.25) is 0 Å². The average molecular weight is 206 g/mol. The second-order valence-corrected chi connectivity index (χ2v) is 3.86. The SMILES string of the molecule is Cn1ccc2c(N3CC(F)C3)ncnc21. The van der Waals surface area contributed by atoms with Gasteiger partial charge in [0.2, 0.25) is 0 Å². The molecule has 3 rings (SSSR count). The van der Waals surface area contributed by atoms with Crippen molar-refractivity contribution < 1.29 is 4.39 Å². The summed E-state index contributed by atoms with van der Waals surface area (Å²) in [5.41, 5.74) is 0.891. The van der Waals surface area contributed by atoms with Crippen molar-refractivity contribution >= 4 is 16.9 Å². The van der Waals surface area contributed by atoms with Gasteiger partial charge in [0.1, 0.15) is 24.0 Å². The smallest absolute Gasteiger partial charge is 0.145 e. The van der Waals surface area contributed by atoms with Crippen molar-refractivity contribution in [3.05, 3.63) is 18.6 Å². The summed E-state index contributed by atoms with van der Waals surface area (Å²) in [5, 5.41) is 0.992. The number of rotatable bonds is 1. The molecular weight excluding hydrogens is 195 g/mol. The van der Waals surface area contributed by atoms with Gasteiger partial charge in [-0.15, -0.1) is 0 Å². The Kier molecular flexibility index (Phi) is 1.68. The van der Waals surface area contributed by atoms with E-state index in [0.29, 0.717) is 13.1 Å². The highest BCUT2D eigenvalue weighted by atomic mass is 19.1. The Hall–Kier alpha value is -1.65. The number of fused-ring (bicyclic) bond motifs is 1. The van der Waals surface area contributed by atoms with E-state index in [4.69, 9.17) is 0 Å². The quantitative estimate of drug-likeness (QED) is 0.701. The van der Waals surface area contributed by atoms with Crippen LogP contribution < -0.4 is 4.90 Å². The van der Waals surface area contributed by atoms with Gasteiger partial charge in [-0.1, -0.05) is 0 Å². The summed E-state index contributed by atoms with van der Waals surface area (Å²) in [6, 6.07) is 1.97. The van der Waals surface area contributed by atoms with Crippen LogP contribution in [0, 0.1) is 0 Å². The molecule has 0 atom stereocenters. The van der Waals surface area contributed by atoms with Gasteiger partial charge in [-0.3, -0.25) is 0 Å². The van der Waals surface area contributed by atoms with Gasteiger partial charge in [0.25, 0.3) is 0 Å². The number of nitrogens with zero attached hydrogens (tertiary/aromatic N) is 4. The van der Waals surface area contributed by atoms with Gasteiger partial charge < -0.3 is 9.47 Å². The molecule has 3 heterocycles. The van der Waals surface area contributed by atoms with E-state index in [9.17, 15) is 4.39 Å². The first-order valence-corrected chi connectivity index (χ1v) is 4.91. The first-order valence-electron chi connectivity index (χ1n) is 4.91. The highest BCUT2D eigenvalue weighted by Crippen LogP contribution is 2.27. The molecule has 0 aliphatic carbocycles. The molecule has 0 unspecified atom stereocenters. The van der Waals surface area contributed by atoms with Crippen LogP contribution in [-0.2, 0) is 7.05 Å². The monoisotopic (exact) mass is 206 g/mol. The number of halogens is 1. The van der Waals surface area contributed by atoms with E-state index in [1.807, 2.05) is 28.8 Å². The molecule has 78 valence electrons. The first-order chi connectivity index (χ1) is 7.25. The lowest BCUT2D eigenvalue weighted by Gasteiger charge is -2.35. The minimum absolute atomic E-state index is 0.445. The second kappa shape index (κ2) is 2.92. The van der Waals surface area contributed by atoms with Crippen molar-refractivity contribution in [2.75, 3.05) is 18.0 Å². The maximum Gasteiger partial charge on any atom is 0.145 e. The van der Waals surface area contributed by atoms with Crippen molar-refractivity contribution in [2.45, 2.75) is 6.17 Å². The van der Waals surface area contributed by atoms with Crippen molar-refractivity contribution in [3.8, 4) is 0 Å². The molecule has 1 saturated heterocycles. The Morgan fingerprint density at radius 3 is 2.93 bits per heavy atom. The summed E-state index contributed by atoms with van der Waals surface area (Å²) in [6.45, 7) is 0.891. The predicted molar refractivity (Wildman–Crippen MR) is 55.6 cm³/mol. The van der Waals surface area contributed by atoms with Crippen LogP contribution in [-0.4, -0.2) is 33.8 Å². The van der Waals surface area contributed by atoms with Gasteiger partial charge in [0.05, 0.1) is 18.5 Å². The zero-order chi connectivity index (χ0) is 10.4. The Bertz CT molecular complexity index is 501. The van der Waals surface area contributed by atoms with Gasteiger partial charge in [-0.05, 0) is 6.07 Å². The highest BCUT2D eigenvalue weighted by molar-refractivity contribution is 5.88. The summed E-state index contributed by atoms with van der Waals surface area (Å²) in [5.74, 6) is 0.842. The van der Waals surface area contributed by atoms with E-state index in [1.165, 1.54) is 6.33 Å². The van der Waals surface area contributed by atoms with Crippen LogP contribution in [0.25, 0.3) is 11.0 Å². The summed E-state index contributed by atoms with van der Waals surface area (Å²) in [7, 11) is 1.94. The van der Waals surface area contributed by atoms with Crippen LogP contribution in [0.1, 0.15) is 0 Å². The topological polar surface area (TPSA) is 34.0 Å². The molecule has 4 nitrogen and oxygen atoms in total. The first kappa shape index (κ1) is 8.64. The van der Waals surface area contributed by atoms with Crippen molar-refractivity contribution in [1.82, 2.24) is 14.5 Å². The number of aromatic nitrogens is 3. The maximum atomic E-state index is 12.8. The predicted octanol–water partition coefficient (Wildman–Crippen LogP) is 1.13. The number of hydrogen-bond donors (Lipinski definition) is 0. The molecule has 1 aliphatic heterocycles. The van der Waals surface area contributed by atoms with Gasteiger partial charge in [-0.25, -0.2) is 14.4 Å².